The van der Waals surface area contributed by atoms with Crippen LogP contribution in [0, 0.1) is 15.9 Å². The molecule has 0 radical (unpaired) electrons. The van der Waals surface area contributed by atoms with Gasteiger partial charge < -0.3 is 15.7 Å². The number of primary amides is 1. The molecule has 0 bridgehead atoms. The first kappa shape index (κ1) is 13.2. The molecule has 19 heavy (non-hydrogen) atoms. The van der Waals surface area contributed by atoms with E-state index < -0.39 is 22.2 Å². The van der Waals surface area contributed by atoms with Crippen LogP contribution in [0.5, 0.6) is 0 Å². The molecule has 1 heterocycles. The van der Waals surface area contributed by atoms with Crippen LogP contribution >= 0.6 is 0 Å². The molecule has 8 heteroatoms. The van der Waals surface area contributed by atoms with Gasteiger partial charge in [-0.05, 0) is 6.07 Å². The second-order valence-corrected chi connectivity index (χ2v) is 4.46. The van der Waals surface area contributed by atoms with E-state index in [1.165, 1.54) is 4.90 Å². The number of hydrogen-bond donors (Lipinski definition) is 2. The van der Waals surface area contributed by atoms with Crippen LogP contribution in [0.3, 0.4) is 0 Å². The van der Waals surface area contributed by atoms with Gasteiger partial charge in [0.05, 0.1) is 11.5 Å². The summed E-state index contributed by atoms with van der Waals surface area (Å²) in [6, 6.07) is 3.04. The van der Waals surface area contributed by atoms with E-state index in [0.29, 0.717) is 0 Å². The summed E-state index contributed by atoms with van der Waals surface area (Å²) in [6.45, 7) is -0.00361. The van der Waals surface area contributed by atoms with E-state index in [0.717, 1.165) is 18.2 Å². The highest BCUT2D eigenvalue weighted by molar-refractivity contribution is 5.85. The van der Waals surface area contributed by atoms with Gasteiger partial charge in [-0.3, -0.25) is 14.9 Å². The number of nitrogens with zero attached hydrogens (tertiary/aromatic N) is 2. The van der Waals surface area contributed by atoms with Gasteiger partial charge in [0.1, 0.15) is 11.5 Å². The molecular weight excluding hydrogens is 257 g/mol. The Morgan fingerprint density at radius 2 is 2.26 bits per heavy atom. The second kappa shape index (κ2) is 4.47. The average molecular weight is 269 g/mol. The number of benzene rings is 1. The van der Waals surface area contributed by atoms with Gasteiger partial charge in [-0.2, -0.15) is 0 Å². The number of nitro groups is 1. The third kappa shape index (κ3) is 2.34. The molecule has 0 saturated carbocycles. The average Bonchev–Trinajstić information content (AvgIpc) is 2.73. The summed E-state index contributed by atoms with van der Waals surface area (Å²) in [7, 11) is 0. The first-order valence-corrected chi connectivity index (χ1v) is 5.55. The summed E-state index contributed by atoms with van der Waals surface area (Å²) in [4.78, 5) is 22.7. The highest BCUT2D eigenvalue weighted by Gasteiger charge is 2.42. The number of carbonyl (C=O) groups excluding carboxylic acids is 1. The Morgan fingerprint density at radius 3 is 2.79 bits per heavy atom. The summed E-state index contributed by atoms with van der Waals surface area (Å²) < 4.78 is 13.2. The second-order valence-electron chi connectivity index (χ2n) is 4.46. The lowest BCUT2D eigenvalue weighted by molar-refractivity contribution is -0.384. The molecule has 102 valence electrons. The zero-order valence-electron chi connectivity index (χ0n) is 9.88. The van der Waals surface area contributed by atoms with Crippen LogP contribution < -0.4 is 10.6 Å². The van der Waals surface area contributed by atoms with E-state index in [1.54, 1.807) is 0 Å². The van der Waals surface area contributed by atoms with Crippen LogP contribution in [0.4, 0.5) is 15.8 Å². The minimum atomic E-state index is -1.74. The van der Waals surface area contributed by atoms with Gasteiger partial charge in [-0.1, -0.05) is 0 Å². The Balaban J connectivity index is 2.36. The summed E-state index contributed by atoms with van der Waals surface area (Å²) >= 11 is 0. The predicted molar refractivity (Wildman–Crippen MR) is 64.0 cm³/mol. The molecule has 1 aliphatic heterocycles. The highest BCUT2D eigenvalue weighted by atomic mass is 19.1. The highest BCUT2D eigenvalue weighted by Crippen LogP contribution is 2.34. The standard InChI is InChI=1S/C11H12FN3O4/c12-7-1-2-8(15(18)19)9(5-7)14-4-3-11(17,6-14)10(13)16/h1-2,5,17H,3-4,6H2,(H2,13,16)/t11-/m1/s1. The number of halogens is 1. The van der Waals surface area contributed by atoms with E-state index in [1.807, 2.05) is 0 Å². The number of β-amino-alcohol motifs (C(OH)–C–C–N with tert-alkyl or cyclic N) is 1. The minimum Gasteiger partial charge on any atom is -0.378 e. The van der Waals surface area contributed by atoms with E-state index in [2.05, 4.69) is 0 Å². The Labute approximate surface area is 107 Å². The number of anilines is 1. The molecule has 1 amide bonds. The van der Waals surface area contributed by atoms with Crippen molar-refractivity contribution in [2.24, 2.45) is 5.73 Å². The molecule has 1 aliphatic rings. The lowest BCUT2D eigenvalue weighted by atomic mass is 10.0. The predicted octanol–water partition coefficient (Wildman–Crippen LogP) is 0.160. The monoisotopic (exact) mass is 269 g/mol. The van der Waals surface area contributed by atoms with Crippen molar-refractivity contribution in [2.45, 2.75) is 12.0 Å². The van der Waals surface area contributed by atoms with Crippen LogP contribution in [0.2, 0.25) is 0 Å². The van der Waals surface area contributed by atoms with E-state index in [4.69, 9.17) is 5.73 Å². The first-order valence-electron chi connectivity index (χ1n) is 5.55. The smallest absolute Gasteiger partial charge is 0.292 e. The lowest BCUT2D eigenvalue weighted by Gasteiger charge is -2.21. The summed E-state index contributed by atoms with van der Waals surface area (Å²) in [6.07, 6.45) is 0.0516. The maximum Gasteiger partial charge on any atom is 0.292 e. The first-order chi connectivity index (χ1) is 8.83. The van der Waals surface area contributed by atoms with Gasteiger partial charge in [-0.25, -0.2) is 4.39 Å². The van der Waals surface area contributed by atoms with Crippen LogP contribution in [0.15, 0.2) is 18.2 Å². The number of nitrogens with two attached hydrogens (primary N) is 1. The van der Waals surface area contributed by atoms with Crippen molar-refractivity contribution in [1.82, 2.24) is 0 Å². The van der Waals surface area contributed by atoms with Crippen molar-refractivity contribution in [3.05, 3.63) is 34.1 Å². The number of hydrogen-bond acceptors (Lipinski definition) is 5. The third-order valence-corrected chi connectivity index (χ3v) is 3.18. The van der Waals surface area contributed by atoms with E-state index in [-0.39, 0.29) is 30.9 Å². The number of nitro benzene ring substituents is 1. The van der Waals surface area contributed by atoms with Crippen molar-refractivity contribution in [1.29, 1.82) is 0 Å². The molecule has 1 fully saturated rings. The van der Waals surface area contributed by atoms with Crippen LogP contribution in [0.1, 0.15) is 6.42 Å². The topological polar surface area (TPSA) is 110 Å². The van der Waals surface area contributed by atoms with Gasteiger partial charge in [0, 0.05) is 25.1 Å². The molecule has 0 aliphatic carbocycles. The van der Waals surface area contributed by atoms with Crippen molar-refractivity contribution in [3.8, 4) is 0 Å². The molecule has 3 N–H and O–H groups in total. The molecule has 7 nitrogen and oxygen atoms in total. The van der Waals surface area contributed by atoms with Gasteiger partial charge in [0.2, 0.25) is 0 Å². The van der Waals surface area contributed by atoms with Crippen LogP contribution in [-0.4, -0.2) is 34.6 Å². The fourth-order valence-corrected chi connectivity index (χ4v) is 2.10. The molecule has 1 aromatic carbocycles. The Bertz CT molecular complexity index is 551. The molecule has 1 saturated heterocycles. The van der Waals surface area contributed by atoms with Crippen LogP contribution in [-0.2, 0) is 4.79 Å². The van der Waals surface area contributed by atoms with E-state index in [9.17, 15) is 24.4 Å². The zero-order chi connectivity index (χ0) is 14.2. The molecule has 0 aromatic heterocycles. The zero-order valence-corrected chi connectivity index (χ0v) is 9.88. The van der Waals surface area contributed by atoms with Crippen molar-refractivity contribution >= 4 is 17.3 Å². The van der Waals surface area contributed by atoms with Gasteiger partial charge in [0.25, 0.3) is 11.6 Å². The van der Waals surface area contributed by atoms with Gasteiger partial charge in [-0.15, -0.1) is 0 Å². The van der Waals surface area contributed by atoms with Crippen molar-refractivity contribution < 1.29 is 19.2 Å². The molecule has 0 spiro atoms. The van der Waals surface area contributed by atoms with Crippen molar-refractivity contribution in [2.75, 3.05) is 18.0 Å². The maximum absolute atomic E-state index is 13.2. The Hall–Kier alpha value is -2.22. The molecule has 2 rings (SSSR count). The largest absolute Gasteiger partial charge is 0.378 e. The molecule has 1 atom stereocenters. The molecule has 1 aromatic rings. The summed E-state index contributed by atoms with van der Waals surface area (Å²) in [5.74, 6) is -1.52. The van der Waals surface area contributed by atoms with Crippen LogP contribution in [0.25, 0.3) is 0 Å². The number of rotatable bonds is 3. The molecule has 0 unspecified atom stereocenters. The van der Waals surface area contributed by atoms with E-state index >= 15 is 0 Å². The normalized spacial score (nSPS) is 22.5. The minimum absolute atomic E-state index is 0.0298. The number of aliphatic hydroxyl groups is 1. The fraction of sp³-hybridized carbons (Fsp3) is 0.364. The number of carbonyl (C=O) groups is 1. The molecular formula is C11H12FN3O4. The number of amides is 1. The Morgan fingerprint density at radius 1 is 1.58 bits per heavy atom. The lowest BCUT2D eigenvalue weighted by Crippen LogP contribution is -2.46. The Kier molecular flexibility index (Phi) is 3.11. The summed E-state index contributed by atoms with van der Waals surface area (Å²) in [5, 5.41) is 20.8. The van der Waals surface area contributed by atoms with Gasteiger partial charge >= 0.3 is 0 Å². The SMILES string of the molecule is NC(=O)[C@@]1(O)CCN(c2cc(F)ccc2[N+](=O)[O-])C1. The third-order valence-electron chi connectivity index (χ3n) is 3.18. The summed E-state index contributed by atoms with van der Waals surface area (Å²) in [5.41, 5.74) is 3.09. The van der Waals surface area contributed by atoms with Gasteiger partial charge in [0.15, 0.2) is 5.60 Å². The quantitative estimate of drug-likeness (QED) is 0.600. The van der Waals surface area contributed by atoms with Crippen molar-refractivity contribution in [3.63, 3.8) is 0 Å². The maximum atomic E-state index is 13.2. The fourth-order valence-electron chi connectivity index (χ4n) is 2.10.